The number of ketones is 1. The molecule has 22 heteroatoms. The number of hydrogen-bond acceptors (Lipinski definition) is 15. The molecular weight excluding hydrogens is 1350 g/mol. The van der Waals surface area contributed by atoms with Crippen molar-refractivity contribution in [3.8, 4) is 17.4 Å². The number of rotatable bonds is 8. The smallest absolute Gasteiger partial charge is 0.286 e. The van der Waals surface area contributed by atoms with Crippen LogP contribution in [0.5, 0.6) is 17.4 Å². The van der Waals surface area contributed by atoms with Gasteiger partial charge in [-0.05, 0) is 198 Å². The van der Waals surface area contributed by atoms with Crippen LogP contribution in [-0.4, -0.2) is 143 Å². The third kappa shape index (κ3) is 14.9. The van der Waals surface area contributed by atoms with Crippen LogP contribution in [0, 0.1) is 49.4 Å². The van der Waals surface area contributed by atoms with Gasteiger partial charge in [0.1, 0.15) is 27.0 Å². The Morgan fingerprint density at radius 1 is 0.692 bits per heavy atom. The van der Waals surface area contributed by atoms with E-state index in [1.54, 1.807) is 51.9 Å². The van der Waals surface area contributed by atoms with E-state index in [1.165, 1.54) is 45.2 Å². The summed E-state index contributed by atoms with van der Waals surface area (Å²) < 4.78 is 81.1. The Morgan fingerprint density at radius 3 is 1.80 bits per heavy atom. The van der Waals surface area contributed by atoms with Gasteiger partial charge in [0.05, 0.1) is 83.4 Å². The number of anilines is 2. The Balaban J connectivity index is 0.000000176. The maximum absolute atomic E-state index is 15.0. The van der Waals surface area contributed by atoms with Crippen LogP contribution >= 0.6 is 0 Å². The number of aryl methyl sites for hydroxylation is 5. The van der Waals surface area contributed by atoms with Gasteiger partial charge in [-0.3, -0.25) is 28.6 Å². The fraction of sp³-hybridized carbons (Fsp3) is 0.524. The molecule has 1 N–H and O–H groups in total. The topological polar surface area (TPSA) is 224 Å². The van der Waals surface area contributed by atoms with E-state index in [-0.39, 0.29) is 52.1 Å². The molecule has 20 nitrogen and oxygen atoms in total. The Kier molecular flexibility index (Phi) is 21.2. The first-order chi connectivity index (χ1) is 50.0. The summed E-state index contributed by atoms with van der Waals surface area (Å²) in [5, 5.41) is 3.56. The van der Waals surface area contributed by atoms with Gasteiger partial charge in [0.15, 0.2) is 5.78 Å². The van der Waals surface area contributed by atoms with Crippen LogP contribution in [0.1, 0.15) is 165 Å². The first-order valence-corrected chi connectivity index (χ1v) is 40.9. The number of amides is 3. The van der Waals surface area contributed by atoms with Crippen molar-refractivity contribution in [1.29, 1.82) is 0 Å². The normalized spacial score (nSPS) is 30.8. The van der Waals surface area contributed by atoms with E-state index in [2.05, 4.69) is 103 Å². The molecule has 2 aromatic heterocycles. The maximum Gasteiger partial charge on any atom is 0.286 e. The van der Waals surface area contributed by atoms with Crippen LogP contribution in [0.4, 0.5) is 11.4 Å². The van der Waals surface area contributed by atoms with E-state index in [0.717, 1.165) is 119 Å². The van der Waals surface area contributed by atoms with Gasteiger partial charge in [0.2, 0.25) is 5.88 Å². The van der Waals surface area contributed by atoms with Crippen LogP contribution < -0.4 is 28.7 Å². The number of Topliss-reactive ketones (excluding diaryl/α,β-unsaturated/α-hetero) is 1. The molecule has 15 rings (SSSR count). The van der Waals surface area contributed by atoms with Gasteiger partial charge in [-0.2, -0.15) is 4.36 Å². The summed E-state index contributed by atoms with van der Waals surface area (Å²) >= 11 is 0. The molecule has 5 aliphatic heterocycles. The predicted octanol–water partition coefficient (Wildman–Crippen LogP) is 13.1. The van der Waals surface area contributed by atoms with Crippen molar-refractivity contribution in [1.82, 2.24) is 19.1 Å². The van der Waals surface area contributed by atoms with E-state index in [9.17, 15) is 27.6 Å². The summed E-state index contributed by atoms with van der Waals surface area (Å²) in [5.41, 5.74) is 11.5. The molecule has 0 saturated heterocycles. The highest BCUT2D eigenvalue weighted by atomic mass is 32.2. The zero-order chi connectivity index (χ0) is 72.8. The van der Waals surface area contributed by atoms with E-state index in [1.807, 2.05) is 49.6 Å². The van der Waals surface area contributed by atoms with Crippen molar-refractivity contribution in [3.63, 3.8) is 0 Å². The van der Waals surface area contributed by atoms with Crippen molar-refractivity contribution in [2.24, 2.45) is 51.3 Å². The van der Waals surface area contributed by atoms with Crippen LogP contribution in [0.3, 0.4) is 0 Å². The third-order valence-corrected chi connectivity index (χ3v) is 28.8. The van der Waals surface area contributed by atoms with Crippen molar-refractivity contribution < 1.29 is 56.0 Å². The fourth-order valence-corrected chi connectivity index (χ4v) is 22.0. The maximum atomic E-state index is 15.0. The minimum absolute atomic E-state index is 0.0412. The number of methoxy groups -OCH3 is 3. The molecule has 9 aliphatic rings. The number of carbonyl (C=O) groups is 4. The summed E-state index contributed by atoms with van der Waals surface area (Å²) in [6.07, 6.45) is 23.6. The van der Waals surface area contributed by atoms with E-state index < -0.39 is 54.2 Å². The molecule has 2 spiro atoms. The van der Waals surface area contributed by atoms with Crippen LogP contribution in [0.25, 0.3) is 0 Å². The van der Waals surface area contributed by atoms with Crippen molar-refractivity contribution in [2.75, 3.05) is 88.6 Å². The lowest BCUT2D eigenvalue weighted by atomic mass is 9.68. The third-order valence-electron chi connectivity index (χ3n) is 24.1. The molecule has 104 heavy (non-hydrogen) atoms. The molecule has 6 aromatic rings. The SMILES string of the molecule is CO[C@H]1/C=C/C[C@H](C)[C@@H](C)S(=O)(NC(=O)c2cc3n(c2)CCOC3)=NC(=O)c2ccc3c(c2)N(C[C@@H]2CC[C@H]21)C[C@@]1(CCCc2cc(C)ccc21)CO3.COc1nn(C)cc1C(=O)C[S@@]1(=O)=NC(=O)c2ccc3c(c2)N(C[C@@H]2CC[C@H]2[C@@H](OC)/C=C/C[C@H](C)C1)C[C@@]1(CCCc2cc(C)ccc21)CO3. The summed E-state index contributed by atoms with van der Waals surface area (Å²) in [6, 6.07) is 26.3. The summed E-state index contributed by atoms with van der Waals surface area (Å²) in [4.78, 5) is 60.5. The van der Waals surface area contributed by atoms with Gasteiger partial charge in [-0.25, -0.2) is 8.42 Å². The van der Waals surface area contributed by atoms with Crippen molar-refractivity contribution in [3.05, 3.63) is 177 Å². The highest BCUT2D eigenvalue weighted by molar-refractivity contribution is 7.94. The predicted molar refractivity (Wildman–Crippen MR) is 404 cm³/mol. The quantitative estimate of drug-likeness (QED) is 0.110. The number of hydrogen-bond donors (Lipinski definition) is 1. The van der Waals surface area contributed by atoms with Crippen LogP contribution in [0.2, 0.25) is 0 Å². The number of benzene rings is 4. The average molecular weight is 1460 g/mol. The Labute approximate surface area is 613 Å². The Hall–Kier alpha value is -7.89. The molecule has 4 bridgehead atoms. The molecular formula is C82H102N8O12S2. The minimum Gasteiger partial charge on any atom is -0.490 e. The first-order valence-electron chi connectivity index (χ1n) is 37.4. The second kappa shape index (κ2) is 30.2. The van der Waals surface area contributed by atoms with Gasteiger partial charge < -0.3 is 42.8 Å². The molecule has 2 saturated carbocycles. The standard InChI is InChI=1S/C42H52N4O6S.C40H50N4O6S/c1-27-10-14-36-30(19-27)8-6-16-42(36)25-46-22-32-11-13-35(32)38(50-4)9-5-7-28(2)29(3)53(49,43-40(47)31-12-15-39(52-26-42)37(46)21-31)44-41(48)33-20-34-24-51-18-17-45(34)23-33;1-26-11-15-33-28(18-26)9-7-17-40(33)24-44-20-30-12-14-31(30)36(48-4)10-6-8-27(2)22-51(47,23-35(45)32-21-43(3)41-39(32)49-5)42-38(46)29-13-16-37(50-25-40)34(44)19-29/h5,9-10,12,14-15,19-21,23,28-29,32,35,38H,6-8,11,13,16-18,22,24-26H2,1-4H3,(H,43,44,47,48,49);6,10-11,13,15-16,18-19,21,27,30-31,36H,7-9,12,14,17,20,22-25H2,1-5H3/b9-5+;10-6+/t28-,29+,32-,35+,38-,42-,53?;27-,30-,31+,36-,40-,51+/m00/s1. The van der Waals surface area contributed by atoms with E-state index >= 15 is 0 Å². The summed E-state index contributed by atoms with van der Waals surface area (Å²) in [5.74, 6) is 0.370. The second-order valence-electron chi connectivity index (χ2n) is 31.3. The number of fused-ring (bicyclic) bond motifs is 9. The molecule has 2 fully saturated rings. The summed E-state index contributed by atoms with van der Waals surface area (Å²) in [7, 11) is -0.242. The number of ether oxygens (including phenoxy) is 6. The average Bonchev–Trinajstić information content (AvgIpc) is 1.47. The van der Waals surface area contributed by atoms with E-state index in [4.69, 9.17) is 28.4 Å². The van der Waals surface area contributed by atoms with Crippen molar-refractivity contribution in [2.45, 2.75) is 153 Å². The van der Waals surface area contributed by atoms with Gasteiger partial charge in [-0.15, -0.1) is 9.46 Å². The molecule has 3 amide bonds. The lowest BCUT2D eigenvalue weighted by molar-refractivity contribution is 0.0131. The number of aromatic nitrogens is 3. The monoisotopic (exact) mass is 1450 g/mol. The number of allylic oxidation sites excluding steroid dienone is 2. The minimum atomic E-state index is -3.60. The molecule has 4 aliphatic carbocycles. The van der Waals surface area contributed by atoms with E-state index in [0.29, 0.717) is 86.2 Å². The lowest BCUT2D eigenvalue weighted by Gasteiger charge is -2.46. The molecule has 13 atom stereocenters. The summed E-state index contributed by atoms with van der Waals surface area (Å²) in [6.45, 7) is 15.9. The largest absolute Gasteiger partial charge is 0.490 e. The van der Waals surface area contributed by atoms with Gasteiger partial charge in [0, 0.05) is 99.8 Å². The zero-order valence-corrected chi connectivity index (χ0v) is 63.4. The molecule has 7 heterocycles. The first kappa shape index (κ1) is 73.0. The van der Waals surface area contributed by atoms with Crippen molar-refractivity contribution >= 4 is 54.5 Å². The highest BCUT2D eigenvalue weighted by Crippen LogP contribution is 2.50. The van der Waals surface area contributed by atoms with Crippen LogP contribution in [-0.2, 0) is 77.7 Å². The van der Waals surface area contributed by atoms with Crippen LogP contribution in [0.15, 0.2) is 124 Å². The number of nitrogens with one attached hydrogen (secondary N) is 1. The molecule has 554 valence electrons. The lowest BCUT2D eigenvalue weighted by Crippen LogP contribution is -2.49. The zero-order valence-electron chi connectivity index (χ0n) is 61.8. The Bertz CT molecular complexity index is 4590. The van der Waals surface area contributed by atoms with Gasteiger partial charge in [0.25, 0.3) is 17.7 Å². The number of nitrogens with zero attached hydrogens (tertiary/aromatic N) is 7. The van der Waals surface area contributed by atoms with Gasteiger partial charge in [-0.1, -0.05) is 85.7 Å². The molecule has 0 radical (unpaired) electrons. The Morgan fingerprint density at radius 2 is 1.26 bits per heavy atom. The molecule has 1 unspecified atom stereocenters. The fourth-order valence-electron chi connectivity index (χ4n) is 17.9. The highest BCUT2D eigenvalue weighted by Gasteiger charge is 2.47. The van der Waals surface area contributed by atoms with Gasteiger partial charge >= 0.3 is 0 Å². The second-order valence-corrected chi connectivity index (χ2v) is 35.9. The number of carbonyl (C=O) groups excluding carboxylic acids is 4. The molecule has 4 aromatic carbocycles.